The molecule has 1 aromatic rings. The summed E-state index contributed by atoms with van der Waals surface area (Å²) in [7, 11) is 1.85. The van der Waals surface area contributed by atoms with Gasteiger partial charge in [-0.3, -0.25) is 14.5 Å². The molecule has 0 aliphatic carbocycles. The molecule has 0 radical (unpaired) electrons. The Morgan fingerprint density at radius 1 is 1.45 bits per heavy atom. The molecule has 0 aromatic carbocycles. The molecule has 2 rings (SSSR count). The van der Waals surface area contributed by atoms with Crippen molar-refractivity contribution in [2.24, 2.45) is 12.0 Å². The van der Waals surface area contributed by atoms with Crippen molar-refractivity contribution in [3.63, 3.8) is 0 Å². The summed E-state index contributed by atoms with van der Waals surface area (Å²) >= 11 is 0. The lowest BCUT2D eigenvalue weighted by Gasteiger charge is -2.35. The lowest BCUT2D eigenvalue weighted by molar-refractivity contribution is -0.120. The molecule has 1 N–H and O–H groups in total. The van der Waals surface area contributed by atoms with E-state index in [1.165, 1.54) is 0 Å². The monoisotopic (exact) mass is 278 g/mol. The van der Waals surface area contributed by atoms with E-state index in [0.29, 0.717) is 19.6 Å². The number of nitrogens with zero attached hydrogens (tertiary/aromatic N) is 5. The van der Waals surface area contributed by atoms with E-state index in [2.05, 4.69) is 15.4 Å². The smallest absolute Gasteiger partial charge is 0.246 e. The number of hydrogen-bond acceptors (Lipinski definition) is 3. The second kappa shape index (κ2) is 6.40. The highest BCUT2D eigenvalue weighted by Gasteiger charge is 2.27. The van der Waals surface area contributed by atoms with Crippen molar-refractivity contribution in [1.29, 1.82) is 0 Å². The molecule has 0 atom stereocenters. The van der Waals surface area contributed by atoms with Crippen molar-refractivity contribution >= 4 is 17.6 Å². The quantitative estimate of drug-likeness (QED) is 0.627. The van der Waals surface area contributed by atoms with E-state index in [1.54, 1.807) is 15.8 Å². The third-order valence-corrected chi connectivity index (χ3v) is 3.17. The minimum absolute atomic E-state index is 0.0750. The van der Waals surface area contributed by atoms with Gasteiger partial charge >= 0.3 is 0 Å². The summed E-state index contributed by atoms with van der Waals surface area (Å²) in [6.07, 6.45) is 3.58. The van der Waals surface area contributed by atoms with E-state index < -0.39 is 0 Å². The van der Waals surface area contributed by atoms with Gasteiger partial charge in [0.2, 0.25) is 5.91 Å². The van der Waals surface area contributed by atoms with Crippen LogP contribution in [0.1, 0.15) is 13.8 Å². The molecule has 20 heavy (non-hydrogen) atoms. The third kappa shape index (κ3) is 3.09. The fourth-order valence-corrected chi connectivity index (χ4v) is 2.25. The number of hydrogen-bond donors (Lipinski definition) is 1. The van der Waals surface area contributed by atoms with Crippen molar-refractivity contribution in [3.05, 3.63) is 12.4 Å². The van der Waals surface area contributed by atoms with Gasteiger partial charge in [0.1, 0.15) is 6.54 Å². The Morgan fingerprint density at radius 2 is 2.25 bits per heavy atom. The molecule has 1 amide bonds. The Kier molecular flexibility index (Phi) is 4.60. The van der Waals surface area contributed by atoms with Crippen LogP contribution in [0.25, 0.3) is 0 Å². The van der Waals surface area contributed by atoms with Gasteiger partial charge in [-0.05, 0) is 13.8 Å². The van der Waals surface area contributed by atoms with Gasteiger partial charge in [0.05, 0.1) is 11.9 Å². The number of aryl methyl sites for hydroxylation is 1. The Morgan fingerprint density at radius 3 is 2.80 bits per heavy atom. The summed E-state index contributed by atoms with van der Waals surface area (Å²) in [4.78, 5) is 20.5. The van der Waals surface area contributed by atoms with E-state index in [9.17, 15) is 4.79 Å². The second-order valence-electron chi connectivity index (χ2n) is 4.67. The van der Waals surface area contributed by atoms with Crippen molar-refractivity contribution in [3.8, 4) is 0 Å². The van der Waals surface area contributed by atoms with Crippen molar-refractivity contribution < 1.29 is 4.79 Å². The van der Waals surface area contributed by atoms with E-state index in [-0.39, 0.29) is 5.91 Å². The number of guanidine groups is 1. The van der Waals surface area contributed by atoms with Gasteiger partial charge in [-0.25, -0.2) is 0 Å². The molecule has 1 aliphatic rings. The van der Waals surface area contributed by atoms with Gasteiger partial charge in [-0.2, -0.15) is 5.10 Å². The molecule has 110 valence electrons. The molecule has 1 saturated heterocycles. The molecule has 0 saturated carbocycles. The van der Waals surface area contributed by atoms with Crippen molar-refractivity contribution in [1.82, 2.24) is 20.0 Å². The first-order valence-corrected chi connectivity index (χ1v) is 6.98. The Hall–Kier alpha value is -2.05. The molecule has 0 unspecified atom stereocenters. The average molecular weight is 278 g/mol. The highest BCUT2D eigenvalue weighted by molar-refractivity contribution is 5.98. The summed E-state index contributed by atoms with van der Waals surface area (Å²) in [6.45, 7) is 7.30. The maximum atomic E-state index is 12.3. The molecule has 1 aromatic heterocycles. The Labute approximate surface area is 119 Å². The fraction of sp³-hybridized carbons (Fsp3) is 0.615. The van der Waals surface area contributed by atoms with E-state index >= 15 is 0 Å². The Bertz CT molecular complexity index is 495. The topological polar surface area (TPSA) is 65.8 Å². The van der Waals surface area contributed by atoms with Crippen LogP contribution in [0.2, 0.25) is 0 Å². The average Bonchev–Trinajstić information content (AvgIpc) is 2.85. The van der Waals surface area contributed by atoms with Crippen LogP contribution in [0.4, 0.5) is 5.69 Å². The highest BCUT2D eigenvalue weighted by atomic mass is 16.2. The second-order valence-corrected chi connectivity index (χ2v) is 4.67. The first-order valence-electron chi connectivity index (χ1n) is 6.98. The van der Waals surface area contributed by atoms with Gasteiger partial charge in [0, 0.05) is 39.4 Å². The maximum absolute atomic E-state index is 12.3. The number of carbonyl (C=O) groups is 1. The highest BCUT2D eigenvalue weighted by Crippen LogP contribution is 2.15. The molecule has 1 fully saturated rings. The SMILES string of the molecule is CCN=C(NCC)N1CCN(c2cnn(C)c2)C(=O)C1. The number of nitrogens with one attached hydrogen (secondary N) is 1. The van der Waals surface area contributed by atoms with E-state index in [4.69, 9.17) is 0 Å². The normalized spacial score (nSPS) is 16.8. The molecular weight excluding hydrogens is 256 g/mol. The summed E-state index contributed by atoms with van der Waals surface area (Å²) in [5.74, 6) is 0.889. The van der Waals surface area contributed by atoms with Crippen LogP contribution in [0.5, 0.6) is 0 Å². The van der Waals surface area contributed by atoms with E-state index in [0.717, 1.165) is 24.7 Å². The fourth-order valence-electron chi connectivity index (χ4n) is 2.25. The number of aliphatic imine (C=N–C) groups is 1. The molecule has 1 aliphatic heterocycles. The van der Waals surface area contributed by atoms with Gasteiger partial charge in [-0.1, -0.05) is 0 Å². The zero-order valence-electron chi connectivity index (χ0n) is 12.3. The maximum Gasteiger partial charge on any atom is 0.246 e. The minimum Gasteiger partial charge on any atom is -0.357 e. The number of rotatable bonds is 3. The van der Waals surface area contributed by atoms with Gasteiger partial charge in [0.15, 0.2) is 5.96 Å². The van der Waals surface area contributed by atoms with Crippen LogP contribution in [0, 0.1) is 0 Å². The molecule has 7 heteroatoms. The number of carbonyl (C=O) groups excluding carboxylic acids is 1. The number of amides is 1. The molecule has 0 bridgehead atoms. The predicted octanol–water partition coefficient (Wildman–Crippen LogP) is 0.0541. The first kappa shape index (κ1) is 14.4. The summed E-state index contributed by atoms with van der Waals surface area (Å²) in [6, 6.07) is 0. The summed E-state index contributed by atoms with van der Waals surface area (Å²) in [5, 5.41) is 7.33. The van der Waals surface area contributed by atoms with Crippen LogP contribution >= 0.6 is 0 Å². The van der Waals surface area contributed by atoms with Gasteiger partial charge < -0.3 is 15.1 Å². The van der Waals surface area contributed by atoms with Gasteiger partial charge in [-0.15, -0.1) is 0 Å². The molecule has 2 heterocycles. The van der Waals surface area contributed by atoms with Crippen LogP contribution in [-0.2, 0) is 11.8 Å². The Balaban J connectivity index is 2.05. The number of aromatic nitrogens is 2. The lowest BCUT2D eigenvalue weighted by Crippen LogP contribution is -2.55. The van der Waals surface area contributed by atoms with Crippen molar-refractivity contribution in [2.75, 3.05) is 37.6 Å². The third-order valence-electron chi connectivity index (χ3n) is 3.17. The standard InChI is InChI=1S/C13H22N6O/c1-4-14-13(15-5-2)18-6-7-19(12(20)10-18)11-8-16-17(3)9-11/h8-9H,4-7,10H2,1-3H3,(H,14,15). The number of piperazine rings is 1. The van der Waals surface area contributed by atoms with Crippen LogP contribution in [-0.4, -0.2) is 59.3 Å². The molecule has 7 nitrogen and oxygen atoms in total. The summed E-state index contributed by atoms with van der Waals surface area (Å²) in [5.41, 5.74) is 0.856. The summed E-state index contributed by atoms with van der Waals surface area (Å²) < 4.78 is 1.71. The van der Waals surface area contributed by atoms with E-state index in [1.807, 2.05) is 32.0 Å². The minimum atomic E-state index is 0.0750. The lowest BCUT2D eigenvalue weighted by atomic mass is 10.3. The molecule has 0 spiro atoms. The predicted molar refractivity (Wildman–Crippen MR) is 78.8 cm³/mol. The zero-order valence-corrected chi connectivity index (χ0v) is 12.3. The largest absolute Gasteiger partial charge is 0.357 e. The van der Waals surface area contributed by atoms with Crippen LogP contribution < -0.4 is 10.2 Å². The van der Waals surface area contributed by atoms with Crippen molar-refractivity contribution in [2.45, 2.75) is 13.8 Å². The number of anilines is 1. The molecular formula is C13H22N6O. The van der Waals surface area contributed by atoms with Gasteiger partial charge in [0.25, 0.3) is 0 Å². The van der Waals surface area contributed by atoms with Crippen LogP contribution in [0.15, 0.2) is 17.4 Å². The van der Waals surface area contributed by atoms with Crippen LogP contribution in [0.3, 0.4) is 0 Å². The first-order chi connectivity index (χ1) is 9.65. The zero-order chi connectivity index (χ0) is 14.5.